The molecule has 0 aliphatic carbocycles. The summed E-state index contributed by atoms with van der Waals surface area (Å²) in [5, 5.41) is -1.73. The molecule has 4 atom stereocenters. The lowest BCUT2D eigenvalue weighted by Crippen LogP contribution is -2.16. The molecule has 2 rings (SSSR count). The van der Waals surface area contributed by atoms with Crippen LogP contribution >= 0.6 is 48.7 Å². The Morgan fingerprint density at radius 1 is 0.784 bits per heavy atom. The van der Waals surface area contributed by atoms with Crippen LogP contribution in [-0.2, 0) is 39.4 Å². The van der Waals surface area contributed by atoms with Gasteiger partial charge in [0, 0.05) is 32.9 Å². The lowest BCUT2D eigenvalue weighted by molar-refractivity contribution is 0.300. The Balaban J connectivity index is 2.44. The summed E-state index contributed by atoms with van der Waals surface area (Å²) in [4.78, 5) is 44.0. The van der Waals surface area contributed by atoms with Crippen LogP contribution in [0.4, 0.5) is 0 Å². The summed E-state index contributed by atoms with van der Waals surface area (Å²) in [5.74, 6) is 0.415. The first-order chi connectivity index (χ1) is 17.3. The van der Waals surface area contributed by atoms with E-state index >= 15 is 0 Å². The number of nitrogens with zero attached hydrogens (tertiary/aromatic N) is 1. The maximum Gasteiger partial charge on any atom is 0.356 e. The second-order valence-corrected chi connectivity index (χ2v) is 17.6. The van der Waals surface area contributed by atoms with Gasteiger partial charge < -0.3 is 24.3 Å². The van der Waals surface area contributed by atoms with E-state index in [9.17, 15) is 28.7 Å². The molecule has 208 valence electrons. The maximum absolute atomic E-state index is 13.9. The van der Waals surface area contributed by atoms with Gasteiger partial charge in [-0.3, -0.25) is 31.4 Å². The summed E-state index contributed by atoms with van der Waals surface area (Å²) in [6.07, 6.45) is 1.25. The molecular weight excluding hydrogens is 604 g/mol. The number of aryl methyl sites for hydroxylation is 1. The summed E-state index contributed by atoms with van der Waals surface area (Å²) < 4.78 is 54.6. The molecule has 1 aromatic heterocycles. The molecule has 37 heavy (non-hydrogen) atoms. The zero-order chi connectivity index (χ0) is 27.6. The topological polar surface area (TPSA) is 174 Å². The van der Waals surface area contributed by atoms with Crippen molar-refractivity contribution in [1.29, 1.82) is 0 Å². The summed E-state index contributed by atoms with van der Waals surface area (Å²) >= 11 is 0. The molecule has 0 aliphatic heterocycles. The van der Waals surface area contributed by atoms with Crippen molar-refractivity contribution in [2.45, 2.75) is 24.8 Å². The average molecular weight is 635 g/mol. The fourth-order valence-electron chi connectivity index (χ4n) is 3.14. The molecule has 0 amide bonds. The number of ether oxygens (including phenoxy) is 1. The molecule has 18 heteroatoms. The van der Waals surface area contributed by atoms with E-state index in [4.69, 9.17) is 22.0 Å². The lowest BCUT2D eigenvalue weighted by Gasteiger charge is -2.33. The lowest BCUT2D eigenvalue weighted by atomic mass is 10.2. The monoisotopic (exact) mass is 635 g/mol. The molecule has 0 saturated heterocycles. The zero-order valence-corrected chi connectivity index (χ0v) is 26.0. The Hall–Kier alpha value is 0.0300. The van der Waals surface area contributed by atoms with Gasteiger partial charge in [0.15, 0.2) is 38.9 Å². The minimum Gasteiger partial charge on any atom is -0.487 e. The second kappa shape index (κ2) is 15.7. The minimum atomic E-state index is -4.62. The number of hydrogen-bond acceptors (Lipinski definition) is 12. The van der Waals surface area contributed by atoms with E-state index in [1.54, 1.807) is 12.1 Å². The normalized spacial score (nSPS) is 19.1. The van der Waals surface area contributed by atoms with E-state index in [1.807, 2.05) is 30.3 Å². The summed E-state index contributed by atoms with van der Waals surface area (Å²) in [6, 6.07) is 12.8. The van der Waals surface area contributed by atoms with Crippen LogP contribution in [0.1, 0.15) is 17.7 Å². The third-order valence-corrected chi connectivity index (χ3v) is 15.5. The predicted molar refractivity (Wildman–Crippen MR) is 147 cm³/mol. The Labute approximate surface area is 221 Å². The Kier molecular flexibility index (Phi) is 14.1. The van der Waals surface area contributed by atoms with Crippen molar-refractivity contribution in [2.75, 3.05) is 26.7 Å². The Bertz CT molecular complexity index is 994. The van der Waals surface area contributed by atoms with Crippen LogP contribution in [0.5, 0.6) is 5.75 Å². The number of rotatable bonds is 16. The summed E-state index contributed by atoms with van der Waals surface area (Å²) in [7, 11) is -18.5. The van der Waals surface area contributed by atoms with Crippen LogP contribution in [0.15, 0.2) is 48.7 Å². The van der Waals surface area contributed by atoms with Gasteiger partial charge in [-0.1, -0.05) is 30.3 Å². The van der Waals surface area contributed by atoms with E-state index in [0.717, 1.165) is 5.56 Å². The van der Waals surface area contributed by atoms with Crippen LogP contribution in [0, 0.1) is 0 Å². The first kappa shape index (κ1) is 33.2. The predicted octanol–water partition coefficient (Wildman–Crippen LogP) is 6.11. The fourth-order valence-corrected chi connectivity index (χ4v) is 14.7. The molecule has 1 heterocycles. The molecule has 2 aromatic rings. The van der Waals surface area contributed by atoms with E-state index < -0.39 is 54.1 Å². The van der Waals surface area contributed by atoms with Crippen molar-refractivity contribution in [2.24, 2.45) is 0 Å². The highest BCUT2D eigenvalue weighted by molar-refractivity contribution is 7.82. The Morgan fingerprint density at radius 3 is 1.73 bits per heavy atom. The molecule has 4 unspecified atom stereocenters. The smallest absolute Gasteiger partial charge is 0.356 e. The van der Waals surface area contributed by atoms with Crippen LogP contribution < -0.4 is 4.74 Å². The van der Waals surface area contributed by atoms with Crippen molar-refractivity contribution in [3.8, 4) is 5.75 Å². The SMILES string of the molecule is CP(O)OP(=O)(OP(C)O)C(CCc1ncccc1OCc1ccccc1)P(=O)(OP(C)O)OP(C)O. The molecule has 12 nitrogen and oxygen atoms in total. The minimum absolute atomic E-state index is 0.00330. The third kappa shape index (κ3) is 11.2. The molecule has 0 fully saturated rings. The number of aromatic nitrogens is 1. The van der Waals surface area contributed by atoms with Crippen LogP contribution in [0.2, 0.25) is 0 Å². The van der Waals surface area contributed by atoms with Gasteiger partial charge in [0.1, 0.15) is 12.4 Å². The van der Waals surface area contributed by atoms with E-state index in [0.29, 0.717) is 11.4 Å². The van der Waals surface area contributed by atoms with Gasteiger partial charge in [0.2, 0.25) is 0 Å². The second-order valence-electron chi connectivity index (χ2n) is 7.50. The van der Waals surface area contributed by atoms with Gasteiger partial charge in [-0.2, -0.15) is 0 Å². The van der Waals surface area contributed by atoms with Gasteiger partial charge in [0.25, 0.3) is 0 Å². The van der Waals surface area contributed by atoms with E-state index in [-0.39, 0.29) is 19.4 Å². The standard InChI is InChI=1S/C19H31NO11P6/c1-32(21)28-36(25,29-33(2)22)19(37(26,30-34(3)23)31-35(4)24)13-12-17-18(11-8-14-20-17)27-15-16-9-6-5-7-10-16/h5-11,14,19,21-24H,12-13,15H2,1-4H3. The molecule has 0 saturated carbocycles. The quantitative estimate of drug-likeness (QED) is 0.156. The van der Waals surface area contributed by atoms with Crippen molar-refractivity contribution < 1.29 is 50.7 Å². The van der Waals surface area contributed by atoms with Crippen LogP contribution in [-0.4, -0.2) is 56.6 Å². The molecule has 1 aromatic carbocycles. The van der Waals surface area contributed by atoms with Gasteiger partial charge in [-0.15, -0.1) is 0 Å². The molecule has 0 radical (unpaired) electrons. The number of benzene rings is 1. The molecule has 0 aliphatic rings. The summed E-state index contributed by atoms with van der Waals surface area (Å²) in [6.45, 7) is 5.13. The number of hydrogen-bond donors (Lipinski definition) is 4. The first-order valence-corrected chi connectivity index (χ1v) is 20.5. The van der Waals surface area contributed by atoms with E-state index in [2.05, 4.69) is 4.98 Å². The fraction of sp³-hybridized carbons (Fsp3) is 0.421. The van der Waals surface area contributed by atoms with Gasteiger partial charge in [-0.25, -0.2) is 0 Å². The molecule has 0 spiro atoms. The maximum atomic E-state index is 13.9. The van der Waals surface area contributed by atoms with Crippen molar-refractivity contribution in [3.05, 3.63) is 59.9 Å². The van der Waals surface area contributed by atoms with Crippen molar-refractivity contribution in [1.82, 2.24) is 4.98 Å². The van der Waals surface area contributed by atoms with Crippen molar-refractivity contribution >= 4 is 48.7 Å². The van der Waals surface area contributed by atoms with Crippen molar-refractivity contribution in [3.63, 3.8) is 0 Å². The van der Waals surface area contributed by atoms with Gasteiger partial charge >= 0.3 is 15.2 Å². The highest BCUT2D eigenvalue weighted by Gasteiger charge is 2.54. The van der Waals surface area contributed by atoms with E-state index in [1.165, 1.54) is 32.9 Å². The first-order valence-electron chi connectivity index (χ1n) is 10.6. The van der Waals surface area contributed by atoms with Crippen LogP contribution in [0.25, 0.3) is 0 Å². The third-order valence-electron chi connectivity index (χ3n) is 4.38. The van der Waals surface area contributed by atoms with Crippen LogP contribution in [0.3, 0.4) is 0 Å². The average Bonchev–Trinajstić information content (AvgIpc) is 2.76. The molecular formula is C19H31NO11P6. The van der Waals surface area contributed by atoms with Gasteiger partial charge in [-0.05, 0) is 30.5 Å². The van der Waals surface area contributed by atoms with Gasteiger partial charge in [0.05, 0.1) is 5.69 Å². The highest BCUT2D eigenvalue weighted by atomic mass is 31.3. The Morgan fingerprint density at radius 2 is 1.27 bits per heavy atom. The molecule has 0 bridgehead atoms. The largest absolute Gasteiger partial charge is 0.487 e. The number of pyridine rings is 1. The summed E-state index contributed by atoms with van der Waals surface area (Å²) in [5.41, 5.74) is 1.34. The zero-order valence-electron chi connectivity index (χ0n) is 20.6. The molecule has 4 N–H and O–H groups in total. The highest BCUT2D eigenvalue weighted by Crippen LogP contribution is 2.80.